The molecule has 30 heteroatoms. The van der Waals surface area contributed by atoms with Gasteiger partial charge in [0.15, 0.2) is 67.7 Å². The molecule has 0 aromatic heterocycles. The first-order chi connectivity index (χ1) is 45.9. The average molecular weight is 1410 g/mol. The molecule has 8 aliphatic rings. The predicted octanol–water partition coefficient (Wildman–Crippen LogP) is 5.07. The van der Waals surface area contributed by atoms with Gasteiger partial charge in [-0.15, -0.1) is 0 Å². The molecule has 26 atom stereocenters. The van der Waals surface area contributed by atoms with Gasteiger partial charge < -0.3 is 90.4 Å². The molecule has 30 nitrogen and oxygen atoms in total. The molecule has 3 unspecified atom stereocenters. The van der Waals surface area contributed by atoms with Gasteiger partial charge in [0.05, 0.1) is 30.0 Å². The van der Waals surface area contributed by atoms with Gasteiger partial charge in [-0.3, -0.25) is 52.7 Å². The molecule has 4 heterocycles. The Labute approximate surface area is 576 Å². The maximum absolute atomic E-state index is 13.7. The Hall–Kier alpha value is -6.15. The molecule has 1 N–H and O–H groups in total. The second kappa shape index (κ2) is 30.4. The van der Waals surface area contributed by atoms with Gasteiger partial charge in [-0.05, 0) is 106 Å². The standard InChI is InChI=1S/C69H102O30/c1-31(70)82-28-45-52(87-35(5)74)55(90-38(8)77)58(93-41(11)80)62(95-45)97-47-30-84-61(57(92-40(10)79)54(47)89-37(7)76)98-59-56(91-39(9)78)53(88-36(6)75)46(29-83-32(2)71)96-63(59)94-44-27-68(18)48(66(16)23-21-49(86-34(4)73)64(12,13)60(44)66)26-43(85-33(3)72)51-42(20-24-67(51,68)17)69(19)25-22-50(99-69)65(14,15)81/h42-63,81H,20-30H2,1-19H3/t42?,43-,44+,45-,46-,47-,48-,49+,50+,51?,52-,53-,54+,55+,56+,57-,58-,59-,60?,61+,62-,63-,66-,67-,68-,69+/m1/s1. The van der Waals surface area contributed by atoms with E-state index in [2.05, 4.69) is 27.7 Å². The van der Waals surface area contributed by atoms with Crippen LogP contribution in [0.5, 0.6) is 0 Å². The fraction of sp³-hybridized carbons (Fsp3) is 0.841. The summed E-state index contributed by atoms with van der Waals surface area (Å²) < 4.78 is 112. The van der Waals surface area contributed by atoms with Crippen molar-refractivity contribution < 1.29 is 143 Å². The van der Waals surface area contributed by atoms with Crippen molar-refractivity contribution in [3.8, 4) is 0 Å². The Bertz CT molecular complexity index is 3030. The van der Waals surface area contributed by atoms with Crippen molar-refractivity contribution in [2.45, 2.75) is 305 Å². The van der Waals surface area contributed by atoms with Crippen LogP contribution in [0, 0.1) is 45.3 Å². The highest BCUT2D eigenvalue weighted by Gasteiger charge is 2.75. The number of carbonyl (C=O) groups is 11. The summed E-state index contributed by atoms with van der Waals surface area (Å²) in [5, 5.41) is 11.3. The van der Waals surface area contributed by atoms with Gasteiger partial charge in [-0.25, -0.2) is 0 Å². The van der Waals surface area contributed by atoms with E-state index in [0.717, 1.165) is 62.3 Å². The molecule has 0 bridgehead atoms. The Kier molecular flexibility index (Phi) is 24.1. The van der Waals surface area contributed by atoms with Gasteiger partial charge in [0, 0.05) is 87.5 Å². The smallest absolute Gasteiger partial charge is 0.303 e. The zero-order valence-corrected chi connectivity index (χ0v) is 60.3. The summed E-state index contributed by atoms with van der Waals surface area (Å²) in [6.07, 6.45) is -22.9. The zero-order valence-electron chi connectivity index (χ0n) is 60.3. The molecule has 4 aliphatic carbocycles. The van der Waals surface area contributed by atoms with Crippen LogP contribution in [0.4, 0.5) is 0 Å². The third kappa shape index (κ3) is 16.8. The van der Waals surface area contributed by atoms with E-state index in [1.54, 1.807) is 13.8 Å². The summed E-state index contributed by atoms with van der Waals surface area (Å²) in [6.45, 7) is 26.5. The number of esters is 11. The van der Waals surface area contributed by atoms with Crippen LogP contribution in [-0.2, 0) is 138 Å². The normalized spacial score (nSPS) is 40.7. The predicted molar refractivity (Wildman–Crippen MR) is 334 cm³/mol. The van der Waals surface area contributed by atoms with Crippen LogP contribution in [0.25, 0.3) is 0 Å². The summed E-state index contributed by atoms with van der Waals surface area (Å²) in [5.74, 6) is -10.5. The summed E-state index contributed by atoms with van der Waals surface area (Å²) in [4.78, 5) is 144. The van der Waals surface area contributed by atoms with Gasteiger partial charge >= 0.3 is 65.7 Å². The monoisotopic (exact) mass is 1410 g/mol. The molecule has 0 aromatic carbocycles. The topological polar surface area (TPSA) is 374 Å². The highest BCUT2D eigenvalue weighted by atomic mass is 16.8. The molecule has 99 heavy (non-hydrogen) atoms. The van der Waals surface area contributed by atoms with Crippen LogP contribution in [-0.4, -0.2) is 212 Å². The van der Waals surface area contributed by atoms with E-state index >= 15 is 0 Å². The van der Waals surface area contributed by atoms with Crippen LogP contribution < -0.4 is 0 Å². The molecule has 8 rings (SSSR count). The second-order valence-corrected chi connectivity index (χ2v) is 30.1. The molecule has 0 spiro atoms. The second-order valence-electron chi connectivity index (χ2n) is 30.1. The minimum absolute atomic E-state index is 0.157. The Balaban J connectivity index is 1.27. The van der Waals surface area contributed by atoms with Crippen molar-refractivity contribution in [3.05, 3.63) is 0 Å². The first-order valence-electron chi connectivity index (χ1n) is 34.0. The van der Waals surface area contributed by atoms with E-state index in [-0.39, 0.29) is 24.2 Å². The summed E-state index contributed by atoms with van der Waals surface area (Å²) >= 11 is 0. The van der Waals surface area contributed by atoms with Gasteiger partial charge in [-0.2, -0.15) is 0 Å². The van der Waals surface area contributed by atoms with E-state index in [4.69, 9.17) is 85.3 Å². The largest absolute Gasteiger partial charge is 0.463 e. The lowest BCUT2D eigenvalue weighted by Gasteiger charge is -2.72. The highest BCUT2D eigenvalue weighted by molar-refractivity contribution is 5.70. The summed E-state index contributed by atoms with van der Waals surface area (Å²) in [7, 11) is 0. The Morgan fingerprint density at radius 3 is 1.36 bits per heavy atom. The van der Waals surface area contributed by atoms with Crippen molar-refractivity contribution in [3.63, 3.8) is 0 Å². The molecule has 8 fully saturated rings. The van der Waals surface area contributed by atoms with Crippen molar-refractivity contribution in [2.24, 2.45) is 45.3 Å². The SMILES string of the molecule is CC(=O)OC[C@H]1O[C@H](O[C@@H]2CO[C@@H](O[C@H]3[C@H](O[C@H]4C[C@]5(C)[C@H](C[C@@H](OC(C)=O)C6C([C@]7(C)CC[C@@H](C(C)(C)O)O7)CC[C@]65C)[C@@]5(C)CC[C@H](OC(C)=O)C(C)(C)C45)O[C@H](COC(C)=O)[C@@H](OC(C)=O)[C@@H]3OC(C)=O)[C@H](OC(C)=O)[C@H]2OC(C)=O)[C@H](OC(C)=O)[C@@H](OC(C)=O)[C@@H]1OC(C)=O. The third-order valence-electron chi connectivity index (χ3n) is 22.2. The summed E-state index contributed by atoms with van der Waals surface area (Å²) in [6, 6.07) is 0. The number of ether oxygens (including phenoxy) is 18. The lowest BCUT2D eigenvalue weighted by molar-refractivity contribution is -0.384. The van der Waals surface area contributed by atoms with Crippen molar-refractivity contribution in [2.75, 3.05) is 19.8 Å². The number of rotatable bonds is 21. The first-order valence-corrected chi connectivity index (χ1v) is 34.0. The molecule has 0 aromatic rings. The molecular formula is C69H102O30. The van der Waals surface area contributed by atoms with Crippen molar-refractivity contribution in [1.29, 1.82) is 0 Å². The molecule has 4 saturated heterocycles. The van der Waals surface area contributed by atoms with Gasteiger partial charge in [0.2, 0.25) is 0 Å². The van der Waals surface area contributed by atoms with E-state index in [1.165, 1.54) is 13.8 Å². The fourth-order valence-corrected chi connectivity index (χ4v) is 18.6. The lowest BCUT2D eigenvalue weighted by atomic mass is 9.34. The molecule has 4 saturated carbocycles. The van der Waals surface area contributed by atoms with E-state index in [1.807, 2.05) is 13.8 Å². The van der Waals surface area contributed by atoms with Crippen LogP contribution in [0.15, 0.2) is 0 Å². The van der Waals surface area contributed by atoms with Gasteiger partial charge in [0.25, 0.3) is 0 Å². The van der Waals surface area contributed by atoms with Gasteiger partial charge in [-0.1, -0.05) is 34.6 Å². The van der Waals surface area contributed by atoms with E-state index in [9.17, 15) is 57.8 Å². The maximum Gasteiger partial charge on any atom is 0.303 e. The first kappa shape index (κ1) is 78.6. The van der Waals surface area contributed by atoms with E-state index in [0.29, 0.717) is 44.9 Å². The Morgan fingerprint density at radius 2 is 0.889 bits per heavy atom. The fourth-order valence-electron chi connectivity index (χ4n) is 18.6. The van der Waals surface area contributed by atoms with Crippen LogP contribution in [0.1, 0.15) is 183 Å². The van der Waals surface area contributed by atoms with Gasteiger partial charge in [0.1, 0.15) is 43.7 Å². The maximum atomic E-state index is 13.7. The van der Waals surface area contributed by atoms with Crippen LogP contribution in [0.3, 0.4) is 0 Å². The zero-order chi connectivity index (χ0) is 73.6. The van der Waals surface area contributed by atoms with Crippen LogP contribution >= 0.6 is 0 Å². The molecule has 558 valence electrons. The Morgan fingerprint density at radius 1 is 0.444 bits per heavy atom. The number of fused-ring (bicyclic) bond motifs is 5. The minimum Gasteiger partial charge on any atom is -0.463 e. The highest BCUT2D eigenvalue weighted by Crippen LogP contribution is 2.77. The quantitative estimate of drug-likeness (QED) is 0.0890. The number of hydrogen-bond acceptors (Lipinski definition) is 30. The number of hydrogen-bond donors (Lipinski definition) is 1. The van der Waals surface area contributed by atoms with Crippen molar-refractivity contribution in [1.82, 2.24) is 0 Å². The lowest BCUT2D eigenvalue weighted by Crippen LogP contribution is -2.71. The molecule has 0 radical (unpaired) electrons. The minimum atomic E-state index is -1.94. The number of carbonyl (C=O) groups excluding carboxylic acids is 11. The van der Waals surface area contributed by atoms with Crippen LogP contribution in [0.2, 0.25) is 0 Å². The van der Waals surface area contributed by atoms with Crippen molar-refractivity contribution >= 4 is 65.7 Å². The third-order valence-corrected chi connectivity index (χ3v) is 22.2. The number of aliphatic hydroxyl groups is 1. The molecular weight excluding hydrogens is 1310 g/mol. The summed E-state index contributed by atoms with van der Waals surface area (Å²) in [5.41, 5.74) is -4.95. The molecule has 0 amide bonds. The average Bonchev–Trinajstić information content (AvgIpc) is 1.66. The van der Waals surface area contributed by atoms with E-state index < -0.39 is 235 Å². The molecule has 4 aliphatic heterocycles.